The van der Waals surface area contributed by atoms with Crippen molar-refractivity contribution in [1.29, 1.82) is 0 Å². The molecule has 1 amide bonds. The van der Waals surface area contributed by atoms with Crippen molar-refractivity contribution in [2.24, 2.45) is 0 Å². The second kappa shape index (κ2) is 8.84. The Labute approximate surface area is 148 Å². The average molecular weight is 383 g/mol. The molecule has 2 heterocycles. The number of nitrogens with one attached hydrogen (secondary N) is 1. The molecule has 12 nitrogen and oxygen atoms in total. The Balaban J connectivity index is 2.21. The lowest BCUT2D eigenvalue weighted by Gasteiger charge is -2.46. The monoisotopic (exact) mass is 383 g/mol. The summed E-state index contributed by atoms with van der Waals surface area (Å²) < 4.78 is 15.7. The molecule has 0 spiro atoms. The molecule has 12 heteroatoms. The van der Waals surface area contributed by atoms with E-state index in [0.717, 1.165) is 6.92 Å². The van der Waals surface area contributed by atoms with Gasteiger partial charge in [-0.05, 0) is 0 Å². The molecule has 2 fully saturated rings. The number of carbonyl (C=O) groups is 1. The van der Waals surface area contributed by atoms with Crippen LogP contribution in [0.15, 0.2) is 0 Å². The standard InChI is InChI=1S/C14H25NO11/c1-4(18)15-7-12(9(20)6(3-17)24-13(7)23)26-14-11(22)10(21)8(19)5(2-16)25-14/h5-14,16-17,19-23H,2-3H2,1H3,(H,15,18)/t5?,6?,7-,8-,9-,10?,11-,12?,13+,14-/m0/s1. The Hall–Kier alpha value is -0.930. The maximum atomic E-state index is 11.4. The minimum absolute atomic E-state index is 0.574. The molecule has 2 aliphatic rings. The van der Waals surface area contributed by atoms with Crippen LogP contribution in [0.1, 0.15) is 6.92 Å². The molecule has 2 saturated heterocycles. The van der Waals surface area contributed by atoms with Crippen molar-refractivity contribution in [3.8, 4) is 0 Å². The molecular formula is C14H25NO11. The summed E-state index contributed by atoms with van der Waals surface area (Å²) in [4.78, 5) is 11.4. The molecule has 0 aromatic carbocycles. The van der Waals surface area contributed by atoms with E-state index in [2.05, 4.69) is 5.32 Å². The van der Waals surface area contributed by atoms with E-state index in [-0.39, 0.29) is 0 Å². The van der Waals surface area contributed by atoms with E-state index in [4.69, 9.17) is 14.2 Å². The fourth-order valence-electron chi connectivity index (χ4n) is 2.97. The molecule has 0 aliphatic carbocycles. The van der Waals surface area contributed by atoms with Gasteiger partial charge in [-0.15, -0.1) is 0 Å². The third-order valence-corrected chi connectivity index (χ3v) is 4.38. The van der Waals surface area contributed by atoms with Crippen LogP contribution < -0.4 is 5.32 Å². The topological polar surface area (TPSA) is 198 Å². The Morgan fingerprint density at radius 1 is 0.923 bits per heavy atom. The summed E-state index contributed by atoms with van der Waals surface area (Å²) in [5, 5.41) is 70.7. The van der Waals surface area contributed by atoms with Crippen molar-refractivity contribution in [3.05, 3.63) is 0 Å². The lowest BCUT2D eigenvalue weighted by atomic mass is 9.95. The summed E-state index contributed by atoms with van der Waals surface area (Å²) in [7, 11) is 0. The van der Waals surface area contributed by atoms with Crippen molar-refractivity contribution in [2.45, 2.75) is 68.3 Å². The quantitative estimate of drug-likeness (QED) is 0.226. The summed E-state index contributed by atoms with van der Waals surface area (Å²) in [6.07, 6.45) is -13.7. The normalized spacial score (nSPS) is 46.8. The first-order valence-electron chi connectivity index (χ1n) is 8.06. The number of ether oxygens (including phenoxy) is 3. The smallest absolute Gasteiger partial charge is 0.217 e. The minimum atomic E-state index is -1.74. The number of aliphatic hydroxyl groups is 7. The van der Waals surface area contributed by atoms with Gasteiger partial charge >= 0.3 is 0 Å². The molecule has 10 atom stereocenters. The predicted molar refractivity (Wildman–Crippen MR) is 80.2 cm³/mol. The Bertz CT molecular complexity index is 478. The summed E-state index contributed by atoms with van der Waals surface area (Å²) in [6, 6.07) is -1.28. The molecule has 4 unspecified atom stereocenters. The second-order valence-electron chi connectivity index (χ2n) is 6.26. The van der Waals surface area contributed by atoms with Crippen molar-refractivity contribution in [2.75, 3.05) is 13.2 Å². The first kappa shape index (κ1) is 21.4. The number of carbonyl (C=O) groups excluding carboxylic acids is 1. The lowest BCUT2D eigenvalue weighted by Crippen LogP contribution is -2.67. The highest BCUT2D eigenvalue weighted by atomic mass is 16.7. The van der Waals surface area contributed by atoms with Gasteiger partial charge < -0.3 is 55.3 Å². The van der Waals surface area contributed by atoms with Crippen molar-refractivity contribution in [1.82, 2.24) is 5.32 Å². The SMILES string of the molecule is CC(=O)N[C@H]1C(O[C@@H]2OC(CO)[C@H](O)C(O)[C@@H]2O)[C@@H](O)C(CO)O[C@H]1O. The number of rotatable bonds is 5. The van der Waals surface area contributed by atoms with E-state index in [1.165, 1.54) is 0 Å². The van der Waals surface area contributed by atoms with Gasteiger partial charge in [0.05, 0.1) is 13.2 Å². The molecule has 0 radical (unpaired) electrons. The molecule has 2 rings (SSSR count). The number of aliphatic hydroxyl groups excluding tert-OH is 7. The van der Waals surface area contributed by atoms with Gasteiger partial charge in [0.2, 0.25) is 5.91 Å². The zero-order valence-corrected chi connectivity index (χ0v) is 14.0. The van der Waals surface area contributed by atoms with Crippen molar-refractivity contribution in [3.63, 3.8) is 0 Å². The maximum Gasteiger partial charge on any atom is 0.217 e. The minimum Gasteiger partial charge on any atom is -0.394 e. The van der Waals surface area contributed by atoms with Crippen LogP contribution in [0.4, 0.5) is 0 Å². The van der Waals surface area contributed by atoms with Crippen LogP contribution in [-0.2, 0) is 19.0 Å². The van der Waals surface area contributed by atoms with Crippen LogP contribution in [0.5, 0.6) is 0 Å². The fourth-order valence-corrected chi connectivity index (χ4v) is 2.97. The van der Waals surface area contributed by atoms with Crippen LogP contribution in [0.3, 0.4) is 0 Å². The molecular weight excluding hydrogens is 358 g/mol. The number of hydrogen-bond donors (Lipinski definition) is 8. The third kappa shape index (κ3) is 4.31. The average Bonchev–Trinajstić information content (AvgIpc) is 2.60. The van der Waals surface area contributed by atoms with Gasteiger partial charge in [-0.3, -0.25) is 4.79 Å². The van der Waals surface area contributed by atoms with Crippen LogP contribution in [-0.4, -0.2) is 116 Å². The molecule has 8 N–H and O–H groups in total. The maximum absolute atomic E-state index is 11.4. The summed E-state index contributed by atoms with van der Waals surface area (Å²) in [5.41, 5.74) is 0. The van der Waals surface area contributed by atoms with Crippen LogP contribution >= 0.6 is 0 Å². The zero-order chi connectivity index (χ0) is 19.6. The van der Waals surface area contributed by atoms with Crippen LogP contribution in [0.2, 0.25) is 0 Å². The molecule has 26 heavy (non-hydrogen) atoms. The lowest BCUT2D eigenvalue weighted by molar-refractivity contribution is -0.341. The predicted octanol–water partition coefficient (Wildman–Crippen LogP) is -5.25. The molecule has 0 aromatic heterocycles. The van der Waals surface area contributed by atoms with Gasteiger partial charge in [-0.2, -0.15) is 0 Å². The fraction of sp³-hybridized carbons (Fsp3) is 0.929. The van der Waals surface area contributed by atoms with E-state index in [1.54, 1.807) is 0 Å². The summed E-state index contributed by atoms with van der Waals surface area (Å²) in [5.74, 6) is -0.574. The van der Waals surface area contributed by atoms with E-state index < -0.39 is 80.5 Å². The highest BCUT2D eigenvalue weighted by molar-refractivity contribution is 5.73. The largest absolute Gasteiger partial charge is 0.394 e. The van der Waals surface area contributed by atoms with Crippen LogP contribution in [0, 0.1) is 0 Å². The summed E-state index contributed by atoms with van der Waals surface area (Å²) >= 11 is 0. The highest BCUT2D eigenvalue weighted by Gasteiger charge is 2.50. The van der Waals surface area contributed by atoms with Gasteiger partial charge in [-0.25, -0.2) is 0 Å². The molecule has 0 aromatic rings. The zero-order valence-electron chi connectivity index (χ0n) is 14.0. The first-order valence-corrected chi connectivity index (χ1v) is 8.06. The van der Waals surface area contributed by atoms with Crippen molar-refractivity contribution >= 4 is 5.91 Å². The molecule has 152 valence electrons. The van der Waals surface area contributed by atoms with Gasteiger partial charge in [0.1, 0.15) is 48.8 Å². The van der Waals surface area contributed by atoms with E-state index in [1.807, 2.05) is 0 Å². The van der Waals surface area contributed by atoms with Crippen LogP contribution in [0.25, 0.3) is 0 Å². The Morgan fingerprint density at radius 3 is 2.04 bits per heavy atom. The van der Waals surface area contributed by atoms with Gasteiger partial charge in [0.25, 0.3) is 0 Å². The first-order chi connectivity index (χ1) is 12.2. The van der Waals surface area contributed by atoms with Crippen molar-refractivity contribution < 1.29 is 54.8 Å². The van der Waals surface area contributed by atoms with E-state index in [0.29, 0.717) is 0 Å². The third-order valence-electron chi connectivity index (χ3n) is 4.38. The van der Waals surface area contributed by atoms with Gasteiger partial charge in [0, 0.05) is 6.92 Å². The van der Waals surface area contributed by atoms with Gasteiger partial charge in [-0.1, -0.05) is 0 Å². The second-order valence-corrected chi connectivity index (χ2v) is 6.26. The number of hydrogen-bond acceptors (Lipinski definition) is 11. The Kier molecular flexibility index (Phi) is 7.27. The summed E-state index contributed by atoms with van der Waals surface area (Å²) in [6.45, 7) is -0.195. The van der Waals surface area contributed by atoms with Gasteiger partial charge in [0.15, 0.2) is 12.6 Å². The van der Waals surface area contributed by atoms with E-state index in [9.17, 15) is 40.5 Å². The molecule has 2 aliphatic heterocycles. The number of amides is 1. The Morgan fingerprint density at radius 2 is 1.50 bits per heavy atom. The molecule has 0 bridgehead atoms. The van der Waals surface area contributed by atoms with E-state index >= 15 is 0 Å². The molecule has 0 saturated carbocycles. The highest BCUT2D eigenvalue weighted by Crippen LogP contribution is 2.28.